The van der Waals surface area contributed by atoms with Crippen LogP contribution < -0.4 is 16.8 Å². The van der Waals surface area contributed by atoms with Crippen molar-refractivity contribution in [1.82, 2.24) is 4.98 Å². The minimum absolute atomic E-state index is 0.0699. The molecule has 0 fully saturated rings. The van der Waals surface area contributed by atoms with Gasteiger partial charge in [0.25, 0.3) is 0 Å². The number of aliphatic imine (C=N–C) groups is 1. The number of nitrogens with two attached hydrogens (primary N) is 2. The number of rotatable bonds is 18. The second-order valence-corrected chi connectivity index (χ2v) is 11.6. The topological polar surface area (TPSA) is 150 Å². The Hall–Kier alpha value is -4.04. The van der Waals surface area contributed by atoms with Gasteiger partial charge in [-0.05, 0) is 76.8 Å². The zero-order valence-electron chi connectivity index (χ0n) is 25.1. The first-order valence-electron chi connectivity index (χ1n) is 15.6. The van der Waals surface area contributed by atoms with Gasteiger partial charge >= 0.3 is 5.97 Å². The van der Waals surface area contributed by atoms with Gasteiger partial charge in [-0.15, -0.1) is 0 Å². The van der Waals surface area contributed by atoms with E-state index in [0.717, 1.165) is 31.5 Å². The lowest BCUT2D eigenvalue weighted by molar-refractivity contribution is -0.131. The fraction of sp³-hybridized carbons (Fsp3) is 0.429. The summed E-state index contributed by atoms with van der Waals surface area (Å²) in [7, 11) is 0. The number of guanidine groups is 1. The summed E-state index contributed by atoms with van der Waals surface area (Å²) in [6.45, 7) is 0.394. The Morgan fingerprint density at radius 2 is 1.67 bits per heavy atom. The Morgan fingerprint density at radius 3 is 2.33 bits per heavy atom. The maximum Gasteiger partial charge on any atom is 0.328 e. The third kappa shape index (κ3) is 9.75. The average molecular weight is 586 g/mol. The number of aliphatic hydroxyl groups excluding tert-OH is 1. The molecule has 230 valence electrons. The lowest BCUT2D eigenvalue weighted by atomic mass is 9.73. The Labute approximate surface area is 255 Å². The van der Waals surface area contributed by atoms with Crippen LogP contribution in [0, 0.1) is 5.92 Å². The van der Waals surface area contributed by atoms with Crippen LogP contribution >= 0.6 is 0 Å². The molecule has 0 radical (unpaired) electrons. The number of carboxylic acids is 1. The number of fused-ring (bicyclic) bond motifs is 2. The van der Waals surface area contributed by atoms with Gasteiger partial charge in [-0.2, -0.15) is 0 Å². The fourth-order valence-electron chi connectivity index (χ4n) is 6.26. The zero-order valence-corrected chi connectivity index (χ0v) is 25.1. The molecule has 43 heavy (non-hydrogen) atoms. The van der Waals surface area contributed by atoms with Crippen LogP contribution in [-0.2, 0) is 4.79 Å². The van der Waals surface area contributed by atoms with E-state index in [-0.39, 0.29) is 31.1 Å². The molecule has 3 atom stereocenters. The molecule has 3 aromatic rings. The van der Waals surface area contributed by atoms with E-state index < -0.39 is 5.97 Å². The van der Waals surface area contributed by atoms with Gasteiger partial charge in [0.2, 0.25) is 0 Å². The fourth-order valence-corrected chi connectivity index (χ4v) is 6.26. The summed E-state index contributed by atoms with van der Waals surface area (Å²) in [6.07, 6.45) is 18.6. The molecule has 0 amide bonds. The number of hydrogen-bond acceptors (Lipinski definition) is 4. The van der Waals surface area contributed by atoms with Gasteiger partial charge in [0.15, 0.2) is 5.96 Å². The van der Waals surface area contributed by atoms with E-state index in [1.54, 1.807) is 0 Å². The summed E-state index contributed by atoms with van der Waals surface area (Å²) >= 11 is 0. The standard InChI is InChI=1S/C35H47N5O3/c36-35(37)39-24-29(23-34(42)43)32(40-33-15-11-18-38-33)22-28-17-16-27-20-25-12-8-9-13-26(25)21-31(27)30(28)14-7-5-3-1-2-4-6-10-19-41/h8-9,11-13,15-18,20-21,23,28,30,32,38,40-41H,1-7,10,14,19,22,24H2,(H,42,43)(H4,36,37,39). The lowest BCUT2D eigenvalue weighted by Crippen LogP contribution is -2.31. The molecule has 8 N–H and O–H groups in total. The number of carbonyl (C=O) groups is 1. The van der Waals surface area contributed by atoms with Crippen molar-refractivity contribution in [2.24, 2.45) is 22.4 Å². The molecule has 0 saturated heterocycles. The number of nitrogens with zero attached hydrogens (tertiary/aromatic N) is 1. The van der Waals surface area contributed by atoms with Crippen LogP contribution in [0.5, 0.6) is 0 Å². The van der Waals surface area contributed by atoms with Crippen LogP contribution in [0.4, 0.5) is 5.82 Å². The molecule has 1 aliphatic rings. The maximum atomic E-state index is 11.9. The quantitative estimate of drug-likeness (QED) is 0.0431. The van der Waals surface area contributed by atoms with E-state index in [0.29, 0.717) is 17.9 Å². The third-order valence-electron chi connectivity index (χ3n) is 8.45. The van der Waals surface area contributed by atoms with Crippen LogP contribution in [-0.4, -0.2) is 46.3 Å². The molecule has 0 aliphatic heterocycles. The van der Waals surface area contributed by atoms with Crippen LogP contribution in [0.2, 0.25) is 0 Å². The minimum atomic E-state index is -1.03. The molecule has 3 unspecified atom stereocenters. The van der Waals surface area contributed by atoms with E-state index in [4.69, 9.17) is 16.6 Å². The molecule has 1 aromatic heterocycles. The second kappa shape index (κ2) is 16.6. The number of unbranched alkanes of at least 4 members (excludes halogenated alkanes) is 7. The van der Waals surface area contributed by atoms with Crippen molar-refractivity contribution < 1.29 is 15.0 Å². The molecule has 0 spiro atoms. The number of H-pyrrole nitrogens is 1. The van der Waals surface area contributed by atoms with Crippen molar-refractivity contribution in [3.05, 3.63) is 83.6 Å². The smallest absolute Gasteiger partial charge is 0.328 e. The summed E-state index contributed by atoms with van der Waals surface area (Å²) in [5, 5.41) is 24.7. The van der Waals surface area contributed by atoms with Gasteiger partial charge in [-0.25, -0.2) is 9.79 Å². The highest BCUT2D eigenvalue weighted by Crippen LogP contribution is 2.42. The number of aromatic nitrogens is 1. The largest absolute Gasteiger partial charge is 0.478 e. The summed E-state index contributed by atoms with van der Waals surface area (Å²) in [5.41, 5.74) is 14.5. The Morgan fingerprint density at radius 1 is 0.977 bits per heavy atom. The number of hydrogen-bond donors (Lipinski definition) is 6. The second-order valence-electron chi connectivity index (χ2n) is 11.6. The number of aromatic amines is 1. The average Bonchev–Trinajstić information content (AvgIpc) is 3.51. The van der Waals surface area contributed by atoms with E-state index >= 15 is 0 Å². The Balaban J connectivity index is 1.57. The van der Waals surface area contributed by atoms with Crippen molar-refractivity contribution >= 4 is 34.6 Å². The summed E-state index contributed by atoms with van der Waals surface area (Å²) < 4.78 is 0. The van der Waals surface area contributed by atoms with Crippen LogP contribution in [0.1, 0.15) is 81.3 Å². The molecule has 0 saturated carbocycles. The first kappa shape index (κ1) is 31.9. The predicted octanol–water partition coefficient (Wildman–Crippen LogP) is 6.55. The van der Waals surface area contributed by atoms with E-state index in [1.807, 2.05) is 18.3 Å². The molecule has 1 aliphatic carbocycles. The molecular formula is C35H47N5O3. The van der Waals surface area contributed by atoms with Gasteiger partial charge in [-0.1, -0.05) is 87.4 Å². The van der Waals surface area contributed by atoms with Gasteiger partial charge in [0.1, 0.15) is 5.82 Å². The molecule has 1 heterocycles. The molecule has 8 heteroatoms. The molecule has 0 bridgehead atoms. The van der Waals surface area contributed by atoms with E-state index in [1.165, 1.54) is 60.1 Å². The Kier molecular flexibility index (Phi) is 12.3. The van der Waals surface area contributed by atoms with E-state index in [2.05, 4.69) is 63.8 Å². The summed E-state index contributed by atoms with van der Waals surface area (Å²) in [6, 6.07) is 16.7. The molecular weight excluding hydrogens is 538 g/mol. The van der Waals surface area contributed by atoms with Crippen molar-refractivity contribution in [2.45, 2.75) is 76.2 Å². The highest BCUT2D eigenvalue weighted by Gasteiger charge is 2.30. The first-order chi connectivity index (χ1) is 20.9. The minimum Gasteiger partial charge on any atom is -0.478 e. The van der Waals surface area contributed by atoms with Crippen LogP contribution in [0.25, 0.3) is 16.8 Å². The third-order valence-corrected chi connectivity index (χ3v) is 8.45. The summed E-state index contributed by atoms with van der Waals surface area (Å²) in [4.78, 5) is 19.2. The van der Waals surface area contributed by atoms with Crippen molar-refractivity contribution in [3.63, 3.8) is 0 Å². The summed E-state index contributed by atoms with van der Waals surface area (Å²) in [5.74, 6) is 0.211. The van der Waals surface area contributed by atoms with Crippen LogP contribution in [0.3, 0.4) is 0 Å². The molecule has 8 nitrogen and oxygen atoms in total. The number of aliphatic carboxylic acids is 1. The number of allylic oxidation sites excluding steroid dienone is 1. The van der Waals surface area contributed by atoms with Crippen molar-refractivity contribution in [1.29, 1.82) is 0 Å². The normalized spacial score (nSPS) is 17.0. The monoisotopic (exact) mass is 585 g/mol. The van der Waals surface area contributed by atoms with Crippen molar-refractivity contribution in [2.75, 3.05) is 18.5 Å². The number of benzene rings is 2. The van der Waals surface area contributed by atoms with Gasteiger partial charge in [0, 0.05) is 18.9 Å². The number of carboxylic acid groups (broad SMARTS) is 1. The maximum absolute atomic E-state index is 11.9. The van der Waals surface area contributed by atoms with E-state index in [9.17, 15) is 9.90 Å². The zero-order chi connectivity index (χ0) is 30.4. The molecule has 4 rings (SSSR count). The number of nitrogens with one attached hydrogen (secondary N) is 2. The number of aliphatic hydroxyl groups is 1. The number of anilines is 1. The van der Waals surface area contributed by atoms with Gasteiger partial charge in [0.05, 0.1) is 12.6 Å². The lowest BCUT2D eigenvalue weighted by Gasteiger charge is -2.34. The van der Waals surface area contributed by atoms with Crippen LogP contribution in [0.15, 0.2) is 77.4 Å². The molecule has 2 aromatic carbocycles. The first-order valence-corrected chi connectivity index (χ1v) is 15.6. The van der Waals surface area contributed by atoms with Gasteiger partial charge in [-0.3, -0.25) is 0 Å². The Bertz CT molecular complexity index is 1390. The van der Waals surface area contributed by atoms with Gasteiger partial charge < -0.3 is 32.0 Å². The highest BCUT2D eigenvalue weighted by molar-refractivity contribution is 5.87. The predicted molar refractivity (Wildman–Crippen MR) is 177 cm³/mol. The highest BCUT2D eigenvalue weighted by atomic mass is 16.4. The van der Waals surface area contributed by atoms with Crippen molar-refractivity contribution in [3.8, 4) is 0 Å². The SMILES string of the molecule is NC(N)=NCC(=CC(=O)O)C(CC1C=Cc2cc3ccccc3cc2C1CCCCCCCCCCO)Nc1ccc[nH]1.